The summed E-state index contributed by atoms with van der Waals surface area (Å²) in [5.74, 6) is -0.846. The topological polar surface area (TPSA) is 59.4 Å². The van der Waals surface area contributed by atoms with Crippen LogP contribution in [0.1, 0.15) is 5.56 Å². The predicted molar refractivity (Wildman–Crippen MR) is 61.9 cm³/mol. The standard InChI is InChI=1S/C13H11NO3/c15-12(16)13(7-17-8-13)10-5-9-3-1-2-4-11(9)14-6-10/h1-6H,7-8H2,(H,15,16). The number of aromatic nitrogens is 1. The quantitative estimate of drug-likeness (QED) is 0.849. The van der Waals surface area contributed by atoms with Crippen LogP contribution in [0, 0.1) is 0 Å². The molecule has 2 aromatic rings. The zero-order valence-corrected chi connectivity index (χ0v) is 9.09. The van der Waals surface area contributed by atoms with Crippen LogP contribution in [-0.2, 0) is 14.9 Å². The third kappa shape index (κ3) is 1.41. The normalized spacial score (nSPS) is 17.6. The lowest BCUT2D eigenvalue weighted by atomic mass is 9.79. The fourth-order valence-electron chi connectivity index (χ4n) is 2.05. The van der Waals surface area contributed by atoms with Crippen LogP contribution in [0.4, 0.5) is 0 Å². The number of carboxylic acids is 1. The molecule has 0 bridgehead atoms. The molecule has 0 aliphatic carbocycles. The van der Waals surface area contributed by atoms with Crippen LogP contribution in [0.5, 0.6) is 0 Å². The van der Waals surface area contributed by atoms with E-state index in [1.165, 1.54) is 0 Å². The van der Waals surface area contributed by atoms with Gasteiger partial charge in [0.15, 0.2) is 0 Å². The molecule has 0 atom stereocenters. The molecule has 1 aromatic heterocycles. The molecule has 3 rings (SSSR count). The number of rotatable bonds is 2. The van der Waals surface area contributed by atoms with Gasteiger partial charge in [0.2, 0.25) is 0 Å². The van der Waals surface area contributed by atoms with Gasteiger partial charge in [-0.15, -0.1) is 0 Å². The smallest absolute Gasteiger partial charge is 0.318 e. The highest BCUT2D eigenvalue weighted by Crippen LogP contribution is 2.33. The second kappa shape index (κ2) is 3.53. The summed E-state index contributed by atoms with van der Waals surface area (Å²) >= 11 is 0. The first kappa shape index (κ1) is 10.2. The first-order valence-electron chi connectivity index (χ1n) is 5.39. The number of nitrogens with zero attached hydrogens (tertiary/aromatic N) is 1. The summed E-state index contributed by atoms with van der Waals surface area (Å²) in [5.41, 5.74) is 0.684. The van der Waals surface area contributed by atoms with E-state index in [4.69, 9.17) is 4.74 Å². The predicted octanol–water partition coefficient (Wildman–Crippen LogP) is 1.59. The summed E-state index contributed by atoms with van der Waals surface area (Å²) < 4.78 is 5.06. The van der Waals surface area contributed by atoms with Crippen LogP contribution in [-0.4, -0.2) is 29.3 Å². The van der Waals surface area contributed by atoms with Crippen molar-refractivity contribution in [1.29, 1.82) is 0 Å². The number of ether oxygens (including phenoxy) is 1. The second-order valence-corrected chi connectivity index (χ2v) is 4.30. The average Bonchev–Trinajstić information content (AvgIpc) is 2.27. The number of hydrogen-bond donors (Lipinski definition) is 1. The number of carboxylic acid groups (broad SMARTS) is 1. The molecule has 4 heteroatoms. The Morgan fingerprint density at radius 1 is 1.35 bits per heavy atom. The molecule has 0 saturated carbocycles. The number of benzene rings is 1. The fraction of sp³-hybridized carbons (Fsp3) is 0.231. The van der Waals surface area contributed by atoms with Crippen molar-refractivity contribution >= 4 is 16.9 Å². The van der Waals surface area contributed by atoms with Gasteiger partial charge in [-0.05, 0) is 17.7 Å². The first-order chi connectivity index (χ1) is 8.22. The van der Waals surface area contributed by atoms with Crippen molar-refractivity contribution in [3.05, 3.63) is 42.1 Å². The van der Waals surface area contributed by atoms with Gasteiger partial charge in [0, 0.05) is 11.6 Å². The maximum atomic E-state index is 11.3. The summed E-state index contributed by atoms with van der Waals surface area (Å²) in [6.07, 6.45) is 1.64. The lowest BCUT2D eigenvalue weighted by molar-refractivity contribution is -0.163. The molecule has 1 aliphatic heterocycles. The van der Waals surface area contributed by atoms with Gasteiger partial charge >= 0.3 is 5.97 Å². The molecule has 1 fully saturated rings. The molecule has 0 unspecified atom stereocenters. The minimum absolute atomic E-state index is 0.225. The highest BCUT2D eigenvalue weighted by molar-refractivity contribution is 5.86. The van der Waals surface area contributed by atoms with Crippen LogP contribution in [0.15, 0.2) is 36.5 Å². The largest absolute Gasteiger partial charge is 0.480 e. The van der Waals surface area contributed by atoms with Crippen molar-refractivity contribution in [3.8, 4) is 0 Å². The molecule has 1 aromatic carbocycles. The molecule has 0 amide bonds. The van der Waals surface area contributed by atoms with Crippen molar-refractivity contribution in [2.24, 2.45) is 0 Å². The van der Waals surface area contributed by atoms with E-state index in [0.29, 0.717) is 0 Å². The highest BCUT2D eigenvalue weighted by atomic mass is 16.5. The van der Waals surface area contributed by atoms with E-state index < -0.39 is 11.4 Å². The molecule has 86 valence electrons. The minimum atomic E-state index is -0.906. The molecule has 2 heterocycles. The Morgan fingerprint density at radius 2 is 2.12 bits per heavy atom. The van der Waals surface area contributed by atoms with E-state index in [-0.39, 0.29) is 13.2 Å². The maximum Gasteiger partial charge on any atom is 0.318 e. The SMILES string of the molecule is O=C(O)C1(c2cnc3ccccc3c2)COC1. The highest BCUT2D eigenvalue weighted by Gasteiger charge is 2.48. The molecular weight excluding hydrogens is 218 g/mol. The summed E-state index contributed by atoms with van der Waals surface area (Å²) in [6.45, 7) is 0.449. The van der Waals surface area contributed by atoms with Crippen molar-refractivity contribution < 1.29 is 14.6 Å². The van der Waals surface area contributed by atoms with Gasteiger partial charge in [-0.1, -0.05) is 18.2 Å². The molecule has 0 radical (unpaired) electrons. The Morgan fingerprint density at radius 3 is 2.76 bits per heavy atom. The van der Waals surface area contributed by atoms with Crippen molar-refractivity contribution in [2.45, 2.75) is 5.41 Å². The molecule has 1 N–H and O–H groups in total. The van der Waals surface area contributed by atoms with Gasteiger partial charge in [0.1, 0.15) is 5.41 Å². The maximum absolute atomic E-state index is 11.3. The third-order valence-corrected chi connectivity index (χ3v) is 3.25. The zero-order chi connectivity index (χ0) is 11.9. The molecule has 1 aliphatic rings. The molecule has 1 saturated heterocycles. The van der Waals surface area contributed by atoms with Gasteiger partial charge in [0.25, 0.3) is 0 Å². The number of aliphatic carboxylic acids is 1. The van der Waals surface area contributed by atoms with Gasteiger partial charge in [-0.25, -0.2) is 0 Å². The van der Waals surface area contributed by atoms with Crippen LogP contribution >= 0.6 is 0 Å². The number of para-hydroxylation sites is 1. The Hall–Kier alpha value is -1.94. The van der Waals surface area contributed by atoms with Crippen molar-refractivity contribution in [3.63, 3.8) is 0 Å². The van der Waals surface area contributed by atoms with E-state index in [1.807, 2.05) is 30.3 Å². The summed E-state index contributed by atoms with van der Waals surface area (Å²) in [5, 5.41) is 10.3. The fourth-order valence-corrected chi connectivity index (χ4v) is 2.05. The summed E-state index contributed by atoms with van der Waals surface area (Å²) in [6, 6.07) is 9.55. The monoisotopic (exact) mass is 229 g/mol. The van der Waals surface area contributed by atoms with Crippen LogP contribution in [0.3, 0.4) is 0 Å². The van der Waals surface area contributed by atoms with Crippen LogP contribution in [0.25, 0.3) is 10.9 Å². The van der Waals surface area contributed by atoms with E-state index >= 15 is 0 Å². The Balaban J connectivity index is 2.14. The Kier molecular flexibility index (Phi) is 2.12. The Labute approximate surface area is 97.9 Å². The zero-order valence-electron chi connectivity index (χ0n) is 9.09. The average molecular weight is 229 g/mol. The van der Waals surface area contributed by atoms with Gasteiger partial charge in [-0.3, -0.25) is 9.78 Å². The van der Waals surface area contributed by atoms with Crippen molar-refractivity contribution in [2.75, 3.05) is 13.2 Å². The lowest BCUT2D eigenvalue weighted by Crippen LogP contribution is -2.53. The second-order valence-electron chi connectivity index (χ2n) is 4.30. The molecule has 4 nitrogen and oxygen atoms in total. The van der Waals surface area contributed by atoms with E-state index in [0.717, 1.165) is 16.5 Å². The number of pyridine rings is 1. The van der Waals surface area contributed by atoms with Gasteiger partial charge in [0.05, 0.1) is 18.7 Å². The molecule has 0 spiro atoms. The van der Waals surface area contributed by atoms with Crippen molar-refractivity contribution in [1.82, 2.24) is 4.98 Å². The van der Waals surface area contributed by atoms with E-state index in [1.54, 1.807) is 6.20 Å². The first-order valence-corrected chi connectivity index (χ1v) is 5.39. The van der Waals surface area contributed by atoms with Gasteiger partial charge in [-0.2, -0.15) is 0 Å². The van der Waals surface area contributed by atoms with Crippen LogP contribution in [0.2, 0.25) is 0 Å². The summed E-state index contributed by atoms with van der Waals surface area (Å²) in [7, 11) is 0. The molecular formula is C13H11NO3. The number of fused-ring (bicyclic) bond motifs is 1. The Bertz CT molecular complexity index is 590. The third-order valence-electron chi connectivity index (χ3n) is 3.25. The van der Waals surface area contributed by atoms with Gasteiger partial charge < -0.3 is 9.84 Å². The van der Waals surface area contributed by atoms with Crippen LogP contribution < -0.4 is 0 Å². The number of carbonyl (C=O) groups is 1. The molecule has 17 heavy (non-hydrogen) atoms. The van der Waals surface area contributed by atoms with E-state index in [9.17, 15) is 9.90 Å². The van der Waals surface area contributed by atoms with E-state index in [2.05, 4.69) is 4.98 Å². The number of hydrogen-bond acceptors (Lipinski definition) is 3. The minimum Gasteiger partial charge on any atom is -0.480 e. The lowest BCUT2D eigenvalue weighted by Gasteiger charge is -2.37. The summed E-state index contributed by atoms with van der Waals surface area (Å²) in [4.78, 5) is 15.6.